The Kier molecular flexibility index (Phi) is 5.79. The molecule has 1 aromatic heterocycles. The second-order valence-electron chi connectivity index (χ2n) is 6.53. The number of carboxylic acids is 1. The van der Waals surface area contributed by atoms with Gasteiger partial charge in [-0.1, -0.05) is 11.6 Å². The van der Waals surface area contributed by atoms with Crippen molar-refractivity contribution in [2.75, 3.05) is 26.2 Å². The molecular formula is C17H22N2O5S2. The molecule has 1 saturated heterocycles. The van der Waals surface area contributed by atoms with E-state index in [1.165, 1.54) is 27.7 Å². The van der Waals surface area contributed by atoms with Crippen molar-refractivity contribution in [3.63, 3.8) is 0 Å². The molecule has 2 heterocycles. The molecule has 1 aliphatic carbocycles. The van der Waals surface area contributed by atoms with Crippen LogP contribution >= 0.6 is 11.3 Å². The molecule has 1 aromatic rings. The van der Waals surface area contributed by atoms with Gasteiger partial charge in [-0.2, -0.15) is 4.31 Å². The highest BCUT2D eigenvalue weighted by molar-refractivity contribution is 7.91. The Morgan fingerprint density at radius 1 is 1.15 bits per heavy atom. The van der Waals surface area contributed by atoms with Crippen molar-refractivity contribution in [1.29, 1.82) is 0 Å². The summed E-state index contributed by atoms with van der Waals surface area (Å²) >= 11 is 0.910. The zero-order valence-electron chi connectivity index (χ0n) is 14.4. The fourth-order valence-electron chi connectivity index (χ4n) is 3.24. The number of hydrogen-bond acceptors (Lipinski definition) is 5. The van der Waals surface area contributed by atoms with Gasteiger partial charge in [0, 0.05) is 38.0 Å². The Bertz CT molecular complexity index is 820. The third kappa shape index (κ3) is 4.16. The van der Waals surface area contributed by atoms with Crippen molar-refractivity contribution < 1.29 is 23.1 Å². The molecular weight excluding hydrogens is 376 g/mol. The van der Waals surface area contributed by atoms with Gasteiger partial charge in [0.05, 0.1) is 5.56 Å². The number of piperazine rings is 1. The topological polar surface area (TPSA) is 95.0 Å². The molecule has 1 amide bonds. The predicted octanol–water partition coefficient (Wildman–Crippen LogP) is 2.17. The van der Waals surface area contributed by atoms with Crippen LogP contribution in [-0.2, 0) is 14.8 Å². The van der Waals surface area contributed by atoms with E-state index in [1.807, 2.05) is 0 Å². The predicted molar refractivity (Wildman–Crippen MR) is 97.8 cm³/mol. The van der Waals surface area contributed by atoms with Gasteiger partial charge in [-0.15, -0.1) is 11.3 Å². The second-order valence-corrected chi connectivity index (χ2v) is 9.61. The zero-order valence-corrected chi connectivity index (χ0v) is 16.0. The molecule has 0 atom stereocenters. The van der Waals surface area contributed by atoms with Gasteiger partial charge < -0.3 is 10.0 Å². The molecule has 2 aliphatic rings. The van der Waals surface area contributed by atoms with Crippen LogP contribution in [0.5, 0.6) is 0 Å². The summed E-state index contributed by atoms with van der Waals surface area (Å²) in [6.07, 6.45) is 6.90. The summed E-state index contributed by atoms with van der Waals surface area (Å²) in [7, 11) is -3.71. The summed E-state index contributed by atoms with van der Waals surface area (Å²) in [5.41, 5.74) is 1.17. The summed E-state index contributed by atoms with van der Waals surface area (Å²) in [6, 6.07) is 1.19. The number of nitrogens with zero attached hydrogens (tertiary/aromatic N) is 2. The van der Waals surface area contributed by atoms with Crippen molar-refractivity contribution in [3.8, 4) is 0 Å². The number of thiophene rings is 1. The molecule has 0 radical (unpaired) electrons. The van der Waals surface area contributed by atoms with Crippen molar-refractivity contribution >= 4 is 33.2 Å². The molecule has 142 valence electrons. The molecule has 7 nitrogen and oxygen atoms in total. The molecule has 0 unspecified atom stereocenters. The molecule has 1 fully saturated rings. The molecule has 9 heteroatoms. The maximum absolute atomic E-state index is 12.6. The molecule has 0 saturated carbocycles. The van der Waals surface area contributed by atoms with Crippen LogP contribution in [0.3, 0.4) is 0 Å². The first kappa shape index (κ1) is 19.1. The third-order valence-electron chi connectivity index (χ3n) is 4.77. The Balaban J connectivity index is 1.59. The van der Waals surface area contributed by atoms with E-state index in [-0.39, 0.29) is 28.8 Å². The number of carbonyl (C=O) groups excluding carboxylic acids is 1. The first-order chi connectivity index (χ1) is 12.4. The minimum atomic E-state index is -3.71. The number of rotatable bonds is 5. The molecule has 0 spiro atoms. The lowest BCUT2D eigenvalue weighted by molar-refractivity contribution is -0.131. The monoisotopic (exact) mass is 398 g/mol. The van der Waals surface area contributed by atoms with Crippen LogP contribution < -0.4 is 0 Å². The minimum Gasteiger partial charge on any atom is -0.478 e. The molecule has 0 aromatic carbocycles. The fraction of sp³-hybridized carbons (Fsp3) is 0.529. The molecule has 3 rings (SSSR count). The first-order valence-electron chi connectivity index (χ1n) is 8.65. The lowest BCUT2D eigenvalue weighted by Gasteiger charge is -2.34. The van der Waals surface area contributed by atoms with Gasteiger partial charge in [-0.05, 0) is 31.7 Å². The standard InChI is InChI=1S/C17H22N2O5S2/c20-15(10-13-4-2-1-3-5-13)18-6-8-19(9-7-18)26(23,24)16-11-14(12-25-16)17(21)22/h4,11-12H,1-3,5-10H2,(H,21,22). The number of allylic oxidation sites excluding steroid dienone is 1. The van der Waals surface area contributed by atoms with E-state index in [2.05, 4.69) is 6.08 Å². The molecule has 0 bridgehead atoms. The van der Waals surface area contributed by atoms with Gasteiger partial charge in [-0.3, -0.25) is 4.79 Å². The van der Waals surface area contributed by atoms with Crippen LogP contribution in [0.2, 0.25) is 0 Å². The number of carboxylic acid groups (broad SMARTS) is 1. The third-order valence-corrected chi connectivity index (χ3v) is 8.08. The van der Waals surface area contributed by atoms with Crippen molar-refractivity contribution in [3.05, 3.63) is 28.7 Å². The lowest BCUT2D eigenvalue weighted by atomic mass is 9.97. The summed E-state index contributed by atoms with van der Waals surface area (Å²) in [5.74, 6) is -1.09. The van der Waals surface area contributed by atoms with Gasteiger partial charge >= 0.3 is 5.97 Å². The van der Waals surface area contributed by atoms with Gasteiger partial charge in [0.15, 0.2) is 0 Å². The SMILES string of the molecule is O=C(O)c1csc(S(=O)(=O)N2CCN(C(=O)CC3=CCCCC3)CC2)c1. The van der Waals surface area contributed by atoms with E-state index in [9.17, 15) is 18.0 Å². The van der Waals surface area contributed by atoms with E-state index in [1.54, 1.807) is 4.90 Å². The van der Waals surface area contributed by atoms with E-state index >= 15 is 0 Å². The van der Waals surface area contributed by atoms with Gasteiger partial charge in [0.2, 0.25) is 5.91 Å². The molecule has 1 N–H and O–H groups in total. The number of aromatic carboxylic acids is 1. The second kappa shape index (κ2) is 7.89. The largest absolute Gasteiger partial charge is 0.478 e. The summed E-state index contributed by atoms with van der Waals surface area (Å²) in [6.45, 7) is 1.19. The van der Waals surface area contributed by atoms with E-state index in [0.29, 0.717) is 19.5 Å². The highest BCUT2D eigenvalue weighted by Crippen LogP contribution is 2.26. The number of hydrogen-bond donors (Lipinski definition) is 1. The Morgan fingerprint density at radius 3 is 2.46 bits per heavy atom. The van der Waals surface area contributed by atoms with Crippen LogP contribution in [0.4, 0.5) is 0 Å². The molecule has 1 aliphatic heterocycles. The Hall–Kier alpha value is -1.71. The summed E-state index contributed by atoms with van der Waals surface area (Å²) < 4.78 is 26.7. The Morgan fingerprint density at radius 2 is 1.88 bits per heavy atom. The average molecular weight is 399 g/mol. The summed E-state index contributed by atoms with van der Waals surface area (Å²) in [5, 5.41) is 10.3. The normalized spacial score (nSPS) is 19.2. The quantitative estimate of drug-likeness (QED) is 0.767. The smallest absolute Gasteiger partial charge is 0.336 e. The van der Waals surface area contributed by atoms with Crippen LogP contribution in [0.25, 0.3) is 0 Å². The van der Waals surface area contributed by atoms with Gasteiger partial charge in [0.1, 0.15) is 4.21 Å². The summed E-state index contributed by atoms with van der Waals surface area (Å²) in [4.78, 5) is 25.1. The maximum Gasteiger partial charge on any atom is 0.336 e. The lowest BCUT2D eigenvalue weighted by Crippen LogP contribution is -2.50. The van der Waals surface area contributed by atoms with Crippen LogP contribution in [0.1, 0.15) is 42.5 Å². The van der Waals surface area contributed by atoms with Crippen LogP contribution in [0, 0.1) is 0 Å². The van der Waals surface area contributed by atoms with Gasteiger partial charge in [0.25, 0.3) is 10.0 Å². The van der Waals surface area contributed by atoms with E-state index in [4.69, 9.17) is 5.11 Å². The number of amides is 1. The number of carbonyl (C=O) groups is 2. The average Bonchev–Trinajstić information content (AvgIpc) is 3.14. The maximum atomic E-state index is 12.6. The zero-order chi connectivity index (χ0) is 18.7. The molecule has 26 heavy (non-hydrogen) atoms. The van der Waals surface area contributed by atoms with Crippen molar-refractivity contribution in [2.24, 2.45) is 0 Å². The Labute approximate surface area is 157 Å². The highest BCUT2D eigenvalue weighted by Gasteiger charge is 2.31. The van der Waals surface area contributed by atoms with E-state index < -0.39 is 16.0 Å². The van der Waals surface area contributed by atoms with E-state index in [0.717, 1.165) is 30.6 Å². The van der Waals surface area contributed by atoms with Crippen molar-refractivity contribution in [1.82, 2.24) is 9.21 Å². The minimum absolute atomic E-state index is 0.0249. The first-order valence-corrected chi connectivity index (χ1v) is 11.0. The fourth-order valence-corrected chi connectivity index (χ4v) is 5.97. The van der Waals surface area contributed by atoms with Crippen LogP contribution in [-0.4, -0.2) is 60.8 Å². The highest BCUT2D eigenvalue weighted by atomic mass is 32.2. The van der Waals surface area contributed by atoms with Gasteiger partial charge in [-0.25, -0.2) is 13.2 Å². The number of sulfonamides is 1. The van der Waals surface area contributed by atoms with Crippen molar-refractivity contribution in [2.45, 2.75) is 36.3 Å². The van der Waals surface area contributed by atoms with Crippen LogP contribution in [0.15, 0.2) is 27.3 Å².